The van der Waals surface area contributed by atoms with Crippen LogP contribution in [0.4, 0.5) is 10.1 Å². The molecule has 2 aromatic rings. The monoisotopic (exact) mass is 352 g/mol. The molecule has 1 amide bonds. The number of carbonyl (C=O) groups excluding carboxylic acids is 1. The molecular weight excluding hydrogens is 331 g/mol. The van der Waals surface area contributed by atoms with E-state index < -0.39 is 0 Å². The summed E-state index contributed by atoms with van der Waals surface area (Å²) in [5, 5.41) is 13.2. The molecule has 1 aliphatic heterocycles. The van der Waals surface area contributed by atoms with Gasteiger partial charge < -0.3 is 16.2 Å². The van der Waals surface area contributed by atoms with E-state index in [1.165, 1.54) is 12.1 Å². The van der Waals surface area contributed by atoms with Crippen molar-refractivity contribution >= 4 is 17.2 Å². The summed E-state index contributed by atoms with van der Waals surface area (Å²) in [6, 6.07) is 8.28. The molecule has 4 N–H and O–H groups in total. The first-order chi connectivity index (χ1) is 12.4. The van der Waals surface area contributed by atoms with E-state index in [-0.39, 0.29) is 22.9 Å². The average molecular weight is 352 g/mol. The van der Waals surface area contributed by atoms with E-state index in [2.05, 4.69) is 5.32 Å². The number of rotatable bonds is 3. The summed E-state index contributed by atoms with van der Waals surface area (Å²) < 4.78 is 14.7. The lowest BCUT2D eigenvalue weighted by Crippen LogP contribution is -2.21. The number of fused-ring (bicyclic) bond motifs is 1. The summed E-state index contributed by atoms with van der Waals surface area (Å²) in [6.07, 6.45) is 1.81. The van der Waals surface area contributed by atoms with Gasteiger partial charge >= 0.3 is 0 Å². The van der Waals surface area contributed by atoms with E-state index in [0.29, 0.717) is 34.5 Å². The third-order valence-corrected chi connectivity index (χ3v) is 5.48. The topological polar surface area (TPSA) is 75.3 Å². The van der Waals surface area contributed by atoms with Crippen LogP contribution in [0.25, 0.3) is 16.7 Å². The van der Waals surface area contributed by atoms with E-state index >= 15 is 0 Å². The normalized spacial score (nSPS) is 17.1. The SMILES string of the molecule is CC(C)=C1C(=O)Nc2cc(O)c(-c3ccc(C4(CN)CC4)c(F)c3)cc21. The summed E-state index contributed by atoms with van der Waals surface area (Å²) >= 11 is 0. The molecule has 1 fully saturated rings. The number of nitrogens with two attached hydrogens (primary N) is 1. The van der Waals surface area contributed by atoms with Gasteiger partial charge in [-0.2, -0.15) is 0 Å². The van der Waals surface area contributed by atoms with Crippen molar-refractivity contribution in [2.75, 3.05) is 11.9 Å². The molecule has 2 aliphatic rings. The first-order valence-electron chi connectivity index (χ1n) is 8.73. The second-order valence-corrected chi connectivity index (χ2v) is 7.42. The molecule has 1 saturated carbocycles. The van der Waals surface area contributed by atoms with E-state index in [4.69, 9.17) is 5.73 Å². The van der Waals surface area contributed by atoms with Crippen LogP contribution in [0.1, 0.15) is 37.8 Å². The molecule has 0 saturated heterocycles. The van der Waals surface area contributed by atoms with E-state index in [1.54, 1.807) is 12.1 Å². The summed E-state index contributed by atoms with van der Waals surface area (Å²) in [6.45, 7) is 4.17. The quantitative estimate of drug-likeness (QED) is 0.733. The maximum Gasteiger partial charge on any atom is 0.256 e. The fraction of sp³-hybridized carbons (Fsp3) is 0.286. The molecule has 4 rings (SSSR count). The third kappa shape index (κ3) is 2.42. The Morgan fingerprint density at radius 1 is 1.23 bits per heavy atom. The number of hydrogen-bond acceptors (Lipinski definition) is 3. The summed E-state index contributed by atoms with van der Waals surface area (Å²) in [5.41, 5.74) is 10.1. The van der Waals surface area contributed by atoms with Crippen LogP contribution >= 0.6 is 0 Å². The van der Waals surface area contributed by atoms with Gasteiger partial charge in [-0.3, -0.25) is 4.79 Å². The zero-order valence-corrected chi connectivity index (χ0v) is 14.8. The molecule has 0 atom stereocenters. The zero-order valence-electron chi connectivity index (χ0n) is 14.8. The standard InChI is InChI=1S/C21H21FN2O2/c1-11(2)19-14-8-13(18(25)9-17(14)24-20(19)26)12-3-4-15(16(22)7-12)21(10-23)5-6-21/h3-4,7-9,25H,5-6,10,23H2,1-2H3,(H,24,26). The number of phenols is 1. The molecule has 1 aliphatic carbocycles. The van der Waals surface area contributed by atoms with Crippen LogP contribution in [0.3, 0.4) is 0 Å². The number of anilines is 1. The minimum absolute atomic E-state index is 0.00571. The Bertz CT molecular complexity index is 970. The van der Waals surface area contributed by atoms with Crippen LogP contribution in [-0.4, -0.2) is 17.6 Å². The molecule has 0 aromatic heterocycles. The van der Waals surface area contributed by atoms with Gasteiger partial charge in [-0.05, 0) is 49.9 Å². The van der Waals surface area contributed by atoms with Gasteiger partial charge in [0.1, 0.15) is 11.6 Å². The fourth-order valence-corrected chi connectivity index (χ4v) is 3.78. The van der Waals surface area contributed by atoms with Crippen LogP contribution < -0.4 is 11.1 Å². The van der Waals surface area contributed by atoms with Gasteiger partial charge in [0.25, 0.3) is 5.91 Å². The number of hydrogen-bond donors (Lipinski definition) is 3. The van der Waals surface area contributed by atoms with Crippen molar-refractivity contribution in [2.45, 2.75) is 32.1 Å². The van der Waals surface area contributed by atoms with Crippen molar-refractivity contribution in [3.8, 4) is 16.9 Å². The molecule has 26 heavy (non-hydrogen) atoms. The van der Waals surface area contributed by atoms with Crippen molar-refractivity contribution in [1.29, 1.82) is 0 Å². The minimum Gasteiger partial charge on any atom is -0.507 e. The molecule has 1 heterocycles. The summed E-state index contributed by atoms with van der Waals surface area (Å²) in [5.74, 6) is -0.482. The predicted octanol–water partition coefficient (Wildman–Crippen LogP) is 3.93. The Morgan fingerprint density at radius 2 is 1.96 bits per heavy atom. The van der Waals surface area contributed by atoms with Crippen molar-refractivity contribution in [3.05, 3.63) is 52.8 Å². The van der Waals surface area contributed by atoms with Crippen LogP contribution in [0.5, 0.6) is 5.75 Å². The van der Waals surface area contributed by atoms with E-state index in [0.717, 1.165) is 24.0 Å². The average Bonchev–Trinajstić information content (AvgIpc) is 3.30. The number of nitrogens with one attached hydrogen (secondary N) is 1. The zero-order chi connectivity index (χ0) is 18.6. The molecule has 2 aromatic carbocycles. The molecule has 5 heteroatoms. The molecule has 0 bridgehead atoms. The highest BCUT2D eigenvalue weighted by molar-refractivity contribution is 6.32. The van der Waals surface area contributed by atoms with Gasteiger partial charge in [0.15, 0.2) is 0 Å². The Kier molecular flexibility index (Phi) is 3.66. The molecule has 134 valence electrons. The van der Waals surface area contributed by atoms with Gasteiger partial charge in [0.05, 0.1) is 5.69 Å². The highest BCUT2D eigenvalue weighted by Crippen LogP contribution is 2.49. The number of phenolic OH excluding ortho intramolecular Hbond substituents is 1. The van der Waals surface area contributed by atoms with Gasteiger partial charge in [0.2, 0.25) is 0 Å². The van der Waals surface area contributed by atoms with Crippen LogP contribution in [0.15, 0.2) is 35.9 Å². The lowest BCUT2D eigenvalue weighted by atomic mass is 9.91. The maximum atomic E-state index is 14.7. The smallest absolute Gasteiger partial charge is 0.256 e. The number of carbonyl (C=O) groups is 1. The largest absolute Gasteiger partial charge is 0.507 e. The first kappa shape index (κ1) is 16.8. The Balaban J connectivity index is 1.82. The van der Waals surface area contributed by atoms with E-state index in [1.807, 2.05) is 19.9 Å². The van der Waals surface area contributed by atoms with Crippen molar-refractivity contribution < 1.29 is 14.3 Å². The van der Waals surface area contributed by atoms with Crippen molar-refractivity contribution in [2.24, 2.45) is 5.73 Å². The van der Waals surface area contributed by atoms with Crippen molar-refractivity contribution in [1.82, 2.24) is 0 Å². The minimum atomic E-state index is -0.304. The third-order valence-electron chi connectivity index (χ3n) is 5.48. The highest BCUT2D eigenvalue weighted by atomic mass is 19.1. The second-order valence-electron chi connectivity index (χ2n) is 7.42. The summed E-state index contributed by atoms with van der Waals surface area (Å²) in [7, 11) is 0. The highest BCUT2D eigenvalue weighted by Gasteiger charge is 2.44. The van der Waals surface area contributed by atoms with Gasteiger partial charge in [-0.15, -0.1) is 0 Å². The molecule has 4 nitrogen and oxygen atoms in total. The predicted molar refractivity (Wildman–Crippen MR) is 100 cm³/mol. The summed E-state index contributed by atoms with van der Waals surface area (Å²) in [4.78, 5) is 12.2. The maximum absolute atomic E-state index is 14.7. The van der Waals surface area contributed by atoms with Gasteiger partial charge in [-0.1, -0.05) is 17.7 Å². The fourth-order valence-electron chi connectivity index (χ4n) is 3.78. The molecular formula is C21H21FN2O2. The van der Waals surface area contributed by atoms with Crippen LogP contribution in [0.2, 0.25) is 0 Å². The lowest BCUT2D eigenvalue weighted by molar-refractivity contribution is -0.110. The first-order valence-corrected chi connectivity index (χ1v) is 8.73. The Hall–Kier alpha value is -2.66. The van der Waals surface area contributed by atoms with Gasteiger partial charge in [-0.25, -0.2) is 4.39 Å². The molecule has 0 radical (unpaired) electrons. The van der Waals surface area contributed by atoms with Crippen LogP contribution in [-0.2, 0) is 10.2 Å². The number of aromatic hydroxyl groups is 1. The molecule has 0 unspecified atom stereocenters. The van der Waals surface area contributed by atoms with Crippen LogP contribution in [0, 0.1) is 5.82 Å². The number of amides is 1. The van der Waals surface area contributed by atoms with E-state index in [9.17, 15) is 14.3 Å². The Morgan fingerprint density at radius 3 is 2.54 bits per heavy atom. The number of benzene rings is 2. The number of allylic oxidation sites excluding steroid dienone is 1. The molecule has 0 spiro atoms. The number of halogens is 1. The Labute approximate surface area is 151 Å². The second kappa shape index (κ2) is 5.68. The lowest BCUT2D eigenvalue weighted by Gasteiger charge is -2.15. The van der Waals surface area contributed by atoms with Gasteiger partial charge in [0, 0.05) is 34.7 Å². The van der Waals surface area contributed by atoms with Crippen molar-refractivity contribution in [3.63, 3.8) is 0 Å².